The normalized spacial score (nSPS) is 15.6. The molecule has 20 heavy (non-hydrogen) atoms. The lowest BCUT2D eigenvalue weighted by molar-refractivity contribution is -0.121. The Balaban J connectivity index is 1.78. The number of carbonyl (C=O) groups is 2. The average Bonchev–Trinajstić information content (AvgIpc) is 2.46. The van der Waals surface area contributed by atoms with Gasteiger partial charge >= 0.3 is 0 Å². The van der Waals surface area contributed by atoms with Crippen LogP contribution in [0.25, 0.3) is 0 Å². The average molecular weight is 276 g/mol. The Morgan fingerprint density at radius 1 is 1.30 bits per heavy atom. The summed E-state index contributed by atoms with van der Waals surface area (Å²) in [5.41, 5.74) is 5.89. The van der Waals surface area contributed by atoms with Crippen molar-refractivity contribution >= 4 is 17.6 Å². The minimum absolute atomic E-state index is 0.0380. The number of rotatable bonds is 4. The van der Waals surface area contributed by atoms with Gasteiger partial charge in [-0.05, 0) is 25.0 Å². The molecule has 1 fully saturated rings. The van der Waals surface area contributed by atoms with E-state index in [1.165, 1.54) is 12.6 Å². The molecular formula is C14H20N4O2. The van der Waals surface area contributed by atoms with Crippen molar-refractivity contribution < 1.29 is 9.59 Å². The summed E-state index contributed by atoms with van der Waals surface area (Å²) in [5, 5.41) is 5.50. The molecule has 1 saturated carbocycles. The summed E-state index contributed by atoms with van der Waals surface area (Å²) in [6, 6.07) is 3.46. The van der Waals surface area contributed by atoms with Crippen molar-refractivity contribution in [3.05, 3.63) is 23.9 Å². The van der Waals surface area contributed by atoms with Gasteiger partial charge in [-0.2, -0.15) is 0 Å². The maximum absolute atomic E-state index is 11.9. The van der Waals surface area contributed by atoms with Crippen LogP contribution in [0.1, 0.15) is 42.5 Å². The van der Waals surface area contributed by atoms with Crippen LogP contribution in [-0.4, -0.2) is 29.4 Å². The molecule has 0 atom stereocenters. The van der Waals surface area contributed by atoms with E-state index in [9.17, 15) is 9.59 Å². The molecule has 1 aromatic heterocycles. The number of nitrogen functional groups attached to an aromatic ring is 1. The van der Waals surface area contributed by atoms with Gasteiger partial charge in [0.25, 0.3) is 5.91 Å². The van der Waals surface area contributed by atoms with E-state index in [0.29, 0.717) is 0 Å². The van der Waals surface area contributed by atoms with E-state index in [1.54, 1.807) is 12.1 Å². The lowest BCUT2D eigenvalue weighted by atomic mass is 9.95. The number of hydrogen-bond donors (Lipinski definition) is 3. The second kappa shape index (κ2) is 6.88. The third kappa shape index (κ3) is 3.94. The van der Waals surface area contributed by atoms with Gasteiger partial charge in [0.1, 0.15) is 5.82 Å². The lowest BCUT2D eigenvalue weighted by Gasteiger charge is -2.22. The zero-order valence-electron chi connectivity index (χ0n) is 11.4. The van der Waals surface area contributed by atoms with Gasteiger partial charge < -0.3 is 16.4 Å². The summed E-state index contributed by atoms with van der Waals surface area (Å²) in [7, 11) is 0. The van der Waals surface area contributed by atoms with Crippen molar-refractivity contribution in [1.29, 1.82) is 0 Å². The topological polar surface area (TPSA) is 97.1 Å². The van der Waals surface area contributed by atoms with Crippen LogP contribution >= 0.6 is 0 Å². The summed E-state index contributed by atoms with van der Waals surface area (Å²) in [4.78, 5) is 27.4. The number of hydrogen-bond acceptors (Lipinski definition) is 4. The lowest BCUT2D eigenvalue weighted by Crippen LogP contribution is -2.42. The highest BCUT2D eigenvalue weighted by molar-refractivity contribution is 5.99. The molecule has 4 N–H and O–H groups in total. The number of carbonyl (C=O) groups excluding carboxylic acids is 2. The molecule has 6 nitrogen and oxygen atoms in total. The number of anilines is 1. The SMILES string of the molecule is Nc1ncccc1C(=O)NCC(=O)NC1CCCCC1. The molecule has 2 rings (SSSR count). The van der Waals surface area contributed by atoms with Crippen LogP contribution in [0, 0.1) is 0 Å². The van der Waals surface area contributed by atoms with Gasteiger partial charge in [0.2, 0.25) is 5.91 Å². The highest BCUT2D eigenvalue weighted by Crippen LogP contribution is 2.17. The molecule has 1 heterocycles. The van der Waals surface area contributed by atoms with E-state index < -0.39 is 0 Å². The third-order valence-corrected chi connectivity index (χ3v) is 3.46. The molecule has 0 bridgehead atoms. The van der Waals surface area contributed by atoms with E-state index in [1.807, 2.05) is 0 Å². The molecule has 1 aromatic rings. The predicted molar refractivity (Wildman–Crippen MR) is 76.0 cm³/mol. The fraction of sp³-hybridized carbons (Fsp3) is 0.500. The van der Waals surface area contributed by atoms with E-state index in [4.69, 9.17) is 5.73 Å². The molecule has 1 aliphatic rings. The van der Waals surface area contributed by atoms with Crippen LogP contribution in [0.15, 0.2) is 18.3 Å². The van der Waals surface area contributed by atoms with E-state index >= 15 is 0 Å². The van der Waals surface area contributed by atoms with Crippen LogP contribution in [0.5, 0.6) is 0 Å². The van der Waals surface area contributed by atoms with Crippen molar-refractivity contribution in [3.63, 3.8) is 0 Å². The zero-order valence-corrected chi connectivity index (χ0v) is 11.4. The minimum Gasteiger partial charge on any atom is -0.383 e. The number of nitrogens with two attached hydrogens (primary N) is 1. The molecule has 0 aliphatic heterocycles. The molecule has 0 aromatic carbocycles. The molecule has 108 valence electrons. The Hall–Kier alpha value is -2.11. The number of amides is 2. The Morgan fingerprint density at radius 2 is 2.05 bits per heavy atom. The van der Waals surface area contributed by atoms with Crippen LogP contribution < -0.4 is 16.4 Å². The fourth-order valence-corrected chi connectivity index (χ4v) is 2.39. The van der Waals surface area contributed by atoms with Gasteiger partial charge in [-0.3, -0.25) is 9.59 Å². The first-order valence-corrected chi connectivity index (χ1v) is 6.95. The first kappa shape index (κ1) is 14.3. The smallest absolute Gasteiger partial charge is 0.255 e. The van der Waals surface area contributed by atoms with Crippen molar-refractivity contribution in [1.82, 2.24) is 15.6 Å². The molecule has 0 radical (unpaired) electrons. The van der Waals surface area contributed by atoms with Crippen LogP contribution in [0.4, 0.5) is 5.82 Å². The Kier molecular flexibility index (Phi) is 4.92. The quantitative estimate of drug-likeness (QED) is 0.759. The molecule has 0 spiro atoms. The van der Waals surface area contributed by atoms with Gasteiger partial charge in [0, 0.05) is 12.2 Å². The molecule has 2 amide bonds. The second-order valence-electron chi connectivity index (χ2n) is 5.02. The van der Waals surface area contributed by atoms with Gasteiger partial charge in [0.05, 0.1) is 12.1 Å². The van der Waals surface area contributed by atoms with Crippen molar-refractivity contribution in [3.8, 4) is 0 Å². The van der Waals surface area contributed by atoms with Crippen LogP contribution in [0.2, 0.25) is 0 Å². The number of nitrogens with zero attached hydrogens (tertiary/aromatic N) is 1. The maximum Gasteiger partial charge on any atom is 0.255 e. The summed E-state index contributed by atoms with van der Waals surface area (Å²) >= 11 is 0. The monoisotopic (exact) mass is 276 g/mol. The predicted octanol–water partition coefficient (Wildman–Crippen LogP) is 0.842. The second-order valence-corrected chi connectivity index (χ2v) is 5.02. The molecule has 0 unspecified atom stereocenters. The van der Waals surface area contributed by atoms with Gasteiger partial charge in [-0.1, -0.05) is 19.3 Å². The molecule has 0 saturated heterocycles. The van der Waals surface area contributed by atoms with E-state index in [-0.39, 0.29) is 35.8 Å². The summed E-state index contributed by atoms with van der Waals surface area (Å²) in [5.74, 6) is -0.375. The van der Waals surface area contributed by atoms with Gasteiger partial charge in [0.15, 0.2) is 0 Å². The largest absolute Gasteiger partial charge is 0.383 e. The highest BCUT2D eigenvalue weighted by atomic mass is 16.2. The van der Waals surface area contributed by atoms with Gasteiger partial charge in [-0.25, -0.2) is 4.98 Å². The highest BCUT2D eigenvalue weighted by Gasteiger charge is 2.16. The number of nitrogens with one attached hydrogen (secondary N) is 2. The Morgan fingerprint density at radius 3 is 2.75 bits per heavy atom. The standard InChI is InChI=1S/C14H20N4O2/c15-13-11(7-4-8-16-13)14(20)17-9-12(19)18-10-5-2-1-3-6-10/h4,7-8,10H,1-3,5-6,9H2,(H2,15,16)(H,17,20)(H,18,19). The van der Waals surface area contributed by atoms with Crippen molar-refractivity contribution in [2.45, 2.75) is 38.1 Å². The fourth-order valence-electron chi connectivity index (χ4n) is 2.39. The number of aromatic nitrogens is 1. The van der Waals surface area contributed by atoms with Crippen LogP contribution in [0.3, 0.4) is 0 Å². The first-order chi connectivity index (χ1) is 9.66. The van der Waals surface area contributed by atoms with E-state index in [0.717, 1.165) is 25.7 Å². The Bertz CT molecular complexity index is 484. The third-order valence-electron chi connectivity index (χ3n) is 3.46. The van der Waals surface area contributed by atoms with Crippen LogP contribution in [-0.2, 0) is 4.79 Å². The number of pyridine rings is 1. The summed E-state index contributed by atoms with van der Waals surface area (Å²) in [6.07, 6.45) is 7.11. The summed E-state index contributed by atoms with van der Waals surface area (Å²) in [6.45, 7) is -0.0380. The minimum atomic E-state index is -0.380. The summed E-state index contributed by atoms with van der Waals surface area (Å²) < 4.78 is 0. The van der Waals surface area contributed by atoms with E-state index in [2.05, 4.69) is 15.6 Å². The molecule has 6 heteroatoms. The Labute approximate surface area is 118 Å². The molecule has 1 aliphatic carbocycles. The maximum atomic E-state index is 11.9. The van der Waals surface area contributed by atoms with Crippen molar-refractivity contribution in [2.24, 2.45) is 0 Å². The van der Waals surface area contributed by atoms with Crippen molar-refractivity contribution in [2.75, 3.05) is 12.3 Å². The van der Waals surface area contributed by atoms with Gasteiger partial charge in [-0.15, -0.1) is 0 Å². The zero-order chi connectivity index (χ0) is 14.4. The molecular weight excluding hydrogens is 256 g/mol. The first-order valence-electron chi connectivity index (χ1n) is 6.95.